The number of hydrogen-bond acceptors (Lipinski definition) is 3. The molecule has 3 aromatic rings. The lowest BCUT2D eigenvalue weighted by atomic mass is 10.1. The molecule has 0 bridgehead atoms. The van der Waals surface area contributed by atoms with E-state index in [1.807, 2.05) is 36.5 Å². The molecule has 0 saturated carbocycles. The Balaban J connectivity index is 1.54. The summed E-state index contributed by atoms with van der Waals surface area (Å²) < 4.78 is 54.0. The molecule has 0 aliphatic rings. The van der Waals surface area contributed by atoms with E-state index in [1.165, 1.54) is 0 Å². The lowest BCUT2D eigenvalue weighted by Crippen LogP contribution is -2.34. The molecule has 30 heavy (non-hydrogen) atoms. The fourth-order valence-corrected chi connectivity index (χ4v) is 2.99. The van der Waals surface area contributed by atoms with Gasteiger partial charge in [0.15, 0.2) is 0 Å². The van der Waals surface area contributed by atoms with Gasteiger partial charge in [-0.05, 0) is 36.9 Å². The SMILES string of the molecule is CN(CC(=O)NCc1ccc(F)cc1C(F)(F)F)Cc1cnn(-c2ccccc2)c1. The van der Waals surface area contributed by atoms with Crippen LogP contribution in [0.2, 0.25) is 0 Å². The van der Waals surface area contributed by atoms with Crippen molar-refractivity contribution in [2.24, 2.45) is 0 Å². The zero-order valence-electron chi connectivity index (χ0n) is 16.2. The van der Waals surface area contributed by atoms with Crippen LogP contribution in [0.15, 0.2) is 60.9 Å². The van der Waals surface area contributed by atoms with Crippen LogP contribution in [-0.2, 0) is 24.1 Å². The highest BCUT2D eigenvalue weighted by Crippen LogP contribution is 2.32. The van der Waals surface area contributed by atoms with Crippen LogP contribution in [-0.4, -0.2) is 34.2 Å². The Bertz CT molecular complexity index is 1000. The van der Waals surface area contributed by atoms with E-state index in [2.05, 4.69) is 10.4 Å². The molecular formula is C21H20F4N4O. The molecule has 5 nitrogen and oxygen atoms in total. The number of aromatic nitrogens is 2. The second-order valence-electron chi connectivity index (χ2n) is 6.88. The zero-order chi connectivity index (χ0) is 21.7. The highest BCUT2D eigenvalue weighted by atomic mass is 19.4. The number of amides is 1. The molecule has 2 aromatic carbocycles. The van der Waals surface area contributed by atoms with Crippen molar-refractivity contribution in [1.29, 1.82) is 0 Å². The number of nitrogens with zero attached hydrogens (tertiary/aromatic N) is 3. The summed E-state index contributed by atoms with van der Waals surface area (Å²) in [6, 6.07) is 11.9. The van der Waals surface area contributed by atoms with Crippen LogP contribution in [0.3, 0.4) is 0 Å². The number of carbonyl (C=O) groups excluding carboxylic acids is 1. The van der Waals surface area contributed by atoms with Crippen molar-refractivity contribution in [2.45, 2.75) is 19.3 Å². The Kier molecular flexibility index (Phi) is 6.51. The molecule has 1 amide bonds. The first-order chi connectivity index (χ1) is 14.2. The van der Waals surface area contributed by atoms with Crippen LogP contribution in [0.5, 0.6) is 0 Å². The third-order valence-corrected chi connectivity index (χ3v) is 4.38. The van der Waals surface area contributed by atoms with Gasteiger partial charge in [0.2, 0.25) is 5.91 Å². The average Bonchev–Trinajstić information content (AvgIpc) is 3.15. The first kappa shape index (κ1) is 21.5. The topological polar surface area (TPSA) is 50.2 Å². The number of likely N-dealkylation sites (N-methyl/N-ethyl adjacent to an activating group) is 1. The van der Waals surface area contributed by atoms with Crippen molar-refractivity contribution >= 4 is 5.91 Å². The van der Waals surface area contributed by atoms with Gasteiger partial charge in [0.05, 0.1) is 24.0 Å². The number of halogens is 4. The molecular weight excluding hydrogens is 400 g/mol. The second kappa shape index (κ2) is 9.08. The molecule has 0 aliphatic heterocycles. The van der Waals surface area contributed by atoms with E-state index in [1.54, 1.807) is 22.8 Å². The van der Waals surface area contributed by atoms with Crippen LogP contribution < -0.4 is 5.32 Å². The molecule has 9 heteroatoms. The standard InChI is InChI=1S/C21H20F4N4O/c1-28(12-15-10-27-29(13-15)18-5-3-2-4-6-18)14-20(30)26-11-16-7-8-17(22)9-19(16)21(23,24)25/h2-10,13H,11-12,14H2,1H3,(H,26,30). The summed E-state index contributed by atoms with van der Waals surface area (Å²) in [7, 11) is 1.72. The molecule has 1 aromatic heterocycles. The fourth-order valence-electron chi connectivity index (χ4n) is 2.99. The molecule has 0 saturated heterocycles. The minimum Gasteiger partial charge on any atom is -0.351 e. The predicted molar refractivity (Wildman–Crippen MR) is 103 cm³/mol. The van der Waals surface area contributed by atoms with Gasteiger partial charge < -0.3 is 5.32 Å². The van der Waals surface area contributed by atoms with Crippen molar-refractivity contribution in [3.63, 3.8) is 0 Å². The molecule has 0 aliphatic carbocycles. The Labute approximate surface area is 170 Å². The molecule has 0 unspecified atom stereocenters. The van der Waals surface area contributed by atoms with Gasteiger partial charge in [-0.1, -0.05) is 24.3 Å². The monoisotopic (exact) mass is 420 g/mol. The number of hydrogen-bond donors (Lipinski definition) is 1. The fraction of sp³-hybridized carbons (Fsp3) is 0.238. The molecule has 158 valence electrons. The van der Waals surface area contributed by atoms with Gasteiger partial charge in [-0.25, -0.2) is 9.07 Å². The van der Waals surface area contributed by atoms with E-state index in [0.717, 1.165) is 23.4 Å². The lowest BCUT2D eigenvalue weighted by molar-refractivity contribution is -0.138. The summed E-state index contributed by atoms with van der Waals surface area (Å²) in [5, 5.41) is 6.74. The van der Waals surface area contributed by atoms with Gasteiger partial charge in [0.1, 0.15) is 5.82 Å². The summed E-state index contributed by atoms with van der Waals surface area (Å²) in [4.78, 5) is 13.9. The van der Waals surface area contributed by atoms with Crippen molar-refractivity contribution in [1.82, 2.24) is 20.0 Å². The van der Waals surface area contributed by atoms with Crippen molar-refractivity contribution in [3.05, 3.63) is 83.4 Å². The van der Waals surface area contributed by atoms with Gasteiger partial charge in [0.25, 0.3) is 0 Å². The van der Waals surface area contributed by atoms with Gasteiger partial charge in [-0.2, -0.15) is 18.3 Å². The summed E-state index contributed by atoms with van der Waals surface area (Å²) in [5.74, 6) is -1.42. The van der Waals surface area contributed by atoms with Crippen LogP contribution >= 0.6 is 0 Å². The minimum absolute atomic E-state index is 0.0148. The van der Waals surface area contributed by atoms with Crippen LogP contribution in [0, 0.1) is 5.82 Å². The Hall–Kier alpha value is -3.20. The van der Waals surface area contributed by atoms with E-state index in [-0.39, 0.29) is 18.7 Å². The quantitative estimate of drug-likeness (QED) is 0.592. The predicted octanol–water partition coefficient (Wildman–Crippen LogP) is 3.78. The van der Waals surface area contributed by atoms with E-state index in [0.29, 0.717) is 12.6 Å². The maximum atomic E-state index is 13.2. The molecule has 3 rings (SSSR count). The number of para-hydroxylation sites is 1. The second-order valence-corrected chi connectivity index (χ2v) is 6.88. The van der Waals surface area contributed by atoms with E-state index < -0.39 is 23.5 Å². The first-order valence-corrected chi connectivity index (χ1v) is 9.12. The Morgan fingerprint density at radius 1 is 1.17 bits per heavy atom. The number of nitrogens with one attached hydrogen (secondary N) is 1. The zero-order valence-corrected chi connectivity index (χ0v) is 16.2. The van der Waals surface area contributed by atoms with Gasteiger partial charge in [-0.3, -0.25) is 9.69 Å². The number of alkyl halides is 3. The highest BCUT2D eigenvalue weighted by molar-refractivity contribution is 5.78. The Morgan fingerprint density at radius 2 is 1.90 bits per heavy atom. The maximum Gasteiger partial charge on any atom is 0.416 e. The van der Waals surface area contributed by atoms with Crippen LogP contribution in [0.4, 0.5) is 17.6 Å². The number of rotatable bonds is 7. The van der Waals surface area contributed by atoms with Crippen molar-refractivity contribution < 1.29 is 22.4 Å². The van der Waals surface area contributed by atoms with Crippen LogP contribution in [0.25, 0.3) is 5.69 Å². The molecule has 1 N–H and O–H groups in total. The van der Waals surface area contributed by atoms with E-state index in [4.69, 9.17) is 0 Å². The van der Waals surface area contributed by atoms with Gasteiger partial charge in [-0.15, -0.1) is 0 Å². The average molecular weight is 420 g/mol. The number of benzene rings is 2. The summed E-state index contributed by atoms with van der Waals surface area (Å²) >= 11 is 0. The third-order valence-electron chi connectivity index (χ3n) is 4.38. The van der Waals surface area contributed by atoms with E-state index in [9.17, 15) is 22.4 Å². The minimum atomic E-state index is -4.70. The molecule has 0 spiro atoms. The normalized spacial score (nSPS) is 11.7. The maximum absolute atomic E-state index is 13.2. The Morgan fingerprint density at radius 3 is 2.60 bits per heavy atom. The van der Waals surface area contributed by atoms with Crippen LogP contribution in [0.1, 0.15) is 16.7 Å². The third kappa shape index (κ3) is 5.66. The number of carbonyl (C=O) groups is 1. The summed E-state index contributed by atoms with van der Waals surface area (Å²) in [5.41, 5.74) is 0.504. The smallest absolute Gasteiger partial charge is 0.351 e. The molecule has 0 atom stereocenters. The molecule has 1 heterocycles. The lowest BCUT2D eigenvalue weighted by Gasteiger charge is -2.17. The van der Waals surface area contributed by atoms with Gasteiger partial charge >= 0.3 is 6.18 Å². The largest absolute Gasteiger partial charge is 0.416 e. The molecule has 0 fully saturated rings. The van der Waals surface area contributed by atoms with Crippen molar-refractivity contribution in [3.8, 4) is 5.69 Å². The van der Waals surface area contributed by atoms with E-state index >= 15 is 0 Å². The first-order valence-electron chi connectivity index (χ1n) is 9.12. The molecule has 0 radical (unpaired) electrons. The van der Waals surface area contributed by atoms with Gasteiger partial charge in [0, 0.05) is 24.8 Å². The van der Waals surface area contributed by atoms with Crippen molar-refractivity contribution in [2.75, 3.05) is 13.6 Å². The summed E-state index contributed by atoms with van der Waals surface area (Å²) in [6.45, 7) is 0.0808. The summed E-state index contributed by atoms with van der Waals surface area (Å²) in [6.07, 6.45) is -1.16. The highest BCUT2D eigenvalue weighted by Gasteiger charge is 2.33.